The Morgan fingerprint density at radius 3 is 2.60 bits per heavy atom. The Bertz CT molecular complexity index is 1780. The minimum absolute atomic E-state index is 0.216. The van der Waals surface area contributed by atoms with Gasteiger partial charge in [0.1, 0.15) is 16.3 Å². The summed E-state index contributed by atoms with van der Waals surface area (Å²) in [6.07, 6.45) is -4.36. The van der Waals surface area contributed by atoms with Crippen LogP contribution in [-0.2, 0) is 11.0 Å². The molecule has 0 saturated carbocycles. The highest BCUT2D eigenvalue weighted by molar-refractivity contribution is 8.00. The second kappa shape index (κ2) is 11.9. The lowest BCUT2D eigenvalue weighted by molar-refractivity contribution is -0.138. The van der Waals surface area contributed by atoms with Crippen molar-refractivity contribution in [1.29, 1.82) is 5.26 Å². The van der Waals surface area contributed by atoms with Crippen LogP contribution in [0.5, 0.6) is 6.01 Å². The molecule has 1 aromatic heterocycles. The summed E-state index contributed by atoms with van der Waals surface area (Å²) in [6, 6.07) is 8.30. The van der Waals surface area contributed by atoms with E-state index in [0.717, 1.165) is 36.9 Å². The number of nitriles is 1. The Labute approximate surface area is 278 Å². The van der Waals surface area contributed by atoms with Crippen molar-refractivity contribution in [3.05, 3.63) is 53.0 Å². The SMILES string of the molecule is CN1CC[C@H](C(F)F)[C@](C)(COc2ncc3cc(C(F)(F)F)c(C4(N)Sc5cccc(N6C[C@H]7CC[C@@H](C6)N7)c5C4C#N)c(F)c3n2)C1. The molecule has 5 heterocycles. The van der Waals surface area contributed by atoms with Crippen molar-refractivity contribution < 1.29 is 31.1 Å². The van der Waals surface area contributed by atoms with Crippen molar-refractivity contribution in [3.63, 3.8) is 0 Å². The molecule has 3 aromatic rings. The molecule has 2 aromatic carbocycles. The number of hydrogen-bond acceptors (Lipinski definition) is 9. The van der Waals surface area contributed by atoms with Gasteiger partial charge in [-0.25, -0.2) is 18.2 Å². The van der Waals surface area contributed by atoms with E-state index in [1.165, 1.54) is 0 Å². The predicted molar refractivity (Wildman–Crippen MR) is 168 cm³/mol. The number of thioether (sulfide) groups is 1. The third-order valence-corrected chi connectivity index (χ3v) is 11.8. The number of alkyl halides is 5. The Kier molecular flexibility index (Phi) is 8.25. The normalized spacial score (nSPS) is 30.6. The van der Waals surface area contributed by atoms with Crippen LogP contribution in [-0.4, -0.2) is 73.2 Å². The highest BCUT2D eigenvalue weighted by Gasteiger charge is 2.54. The average molecular weight is 692 g/mol. The molecule has 3 saturated heterocycles. The summed E-state index contributed by atoms with van der Waals surface area (Å²) in [4.78, 5) is 10.5. The number of fused-ring (bicyclic) bond motifs is 4. The van der Waals surface area contributed by atoms with E-state index < -0.39 is 57.2 Å². The van der Waals surface area contributed by atoms with Crippen molar-refractivity contribution in [2.24, 2.45) is 17.1 Å². The largest absolute Gasteiger partial charge is 0.463 e. The Hall–Kier alpha value is -3.32. The number of nitrogens with two attached hydrogens (primary N) is 1. The zero-order chi connectivity index (χ0) is 34.2. The van der Waals surface area contributed by atoms with Gasteiger partial charge in [-0.3, -0.25) is 0 Å². The lowest BCUT2D eigenvalue weighted by atomic mass is 9.73. The monoisotopic (exact) mass is 691 g/mol. The maximum atomic E-state index is 16.8. The van der Waals surface area contributed by atoms with Crippen LogP contribution < -0.4 is 20.7 Å². The van der Waals surface area contributed by atoms with Crippen LogP contribution in [0.2, 0.25) is 0 Å². The maximum absolute atomic E-state index is 16.8. The molecule has 0 amide bonds. The number of rotatable bonds is 6. The summed E-state index contributed by atoms with van der Waals surface area (Å²) in [7, 11) is 1.81. The van der Waals surface area contributed by atoms with Crippen molar-refractivity contribution in [2.75, 3.05) is 44.7 Å². The van der Waals surface area contributed by atoms with Gasteiger partial charge in [0.2, 0.25) is 6.43 Å². The highest BCUT2D eigenvalue weighted by Crippen LogP contribution is 2.60. The number of hydrogen-bond donors (Lipinski definition) is 2. The number of halogens is 6. The first kappa shape index (κ1) is 33.2. The van der Waals surface area contributed by atoms with Gasteiger partial charge in [0.15, 0.2) is 5.82 Å². The molecule has 4 aliphatic rings. The number of benzene rings is 2. The summed E-state index contributed by atoms with van der Waals surface area (Å²) in [5.74, 6) is -3.64. The van der Waals surface area contributed by atoms with Gasteiger partial charge in [0.05, 0.1) is 18.2 Å². The summed E-state index contributed by atoms with van der Waals surface area (Å²) >= 11 is 0.831. The van der Waals surface area contributed by atoms with E-state index >= 15 is 4.39 Å². The van der Waals surface area contributed by atoms with Gasteiger partial charge in [-0.2, -0.15) is 23.4 Å². The molecule has 0 spiro atoms. The van der Waals surface area contributed by atoms with Gasteiger partial charge >= 0.3 is 12.2 Å². The molecule has 15 heteroatoms. The van der Waals surface area contributed by atoms with E-state index in [4.69, 9.17) is 10.5 Å². The molecule has 0 aliphatic carbocycles. The van der Waals surface area contributed by atoms with Crippen LogP contribution >= 0.6 is 11.8 Å². The zero-order valence-corrected chi connectivity index (χ0v) is 27.1. The van der Waals surface area contributed by atoms with Crippen LogP contribution in [0, 0.1) is 28.5 Å². The fraction of sp³-hybridized carbons (Fsp3) is 0.545. The number of nitrogens with one attached hydrogen (secondary N) is 1. The van der Waals surface area contributed by atoms with Gasteiger partial charge in [0, 0.05) is 76.3 Å². The van der Waals surface area contributed by atoms with Crippen molar-refractivity contribution >= 4 is 28.4 Å². The molecule has 48 heavy (non-hydrogen) atoms. The highest BCUT2D eigenvalue weighted by atomic mass is 32.2. The lowest BCUT2D eigenvalue weighted by Crippen LogP contribution is -2.51. The Morgan fingerprint density at radius 1 is 1.21 bits per heavy atom. The van der Waals surface area contributed by atoms with Crippen molar-refractivity contribution in [3.8, 4) is 12.1 Å². The van der Waals surface area contributed by atoms with Crippen molar-refractivity contribution in [2.45, 2.75) is 66.6 Å². The second-order valence-corrected chi connectivity index (χ2v) is 15.1. The minimum atomic E-state index is -5.03. The lowest BCUT2D eigenvalue weighted by Gasteiger charge is -2.44. The first-order valence-electron chi connectivity index (χ1n) is 15.9. The summed E-state index contributed by atoms with van der Waals surface area (Å²) < 4.78 is 94.5. The molecule has 3 fully saturated rings. The number of nitrogens with zero attached hydrogens (tertiary/aromatic N) is 5. The molecule has 3 N–H and O–H groups in total. The van der Waals surface area contributed by atoms with E-state index in [2.05, 4.69) is 26.3 Å². The van der Waals surface area contributed by atoms with Gasteiger partial charge in [0.25, 0.3) is 0 Å². The summed E-state index contributed by atoms with van der Waals surface area (Å²) in [5, 5.41) is 13.8. The Morgan fingerprint density at radius 2 is 1.94 bits per heavy atom. The molecular formula is C33H35F6N7OS. The minimum Gasteiger partial charge on any atom is -0.463 e. The third-order valence-electron chi connectivity index (χ3n) is 10.4. The van der Waals surface area contributed by atoms with Crippen LogP contribution in [0.3, 0.4) is 0 Å². The molecule has 8 nitrogen and oxygen atoms in total. The zero-order valence-electron chi connectivity index (χ0n) is 26.3. The summed E-state index contributed by atoms with van der Waals surface area (Å²) in [5.41, 5.74) is 4.34. The van der Waals surface area contributed by atoms with E-state index in [1.54, 1.807) is 19.1 Å². The topological polar surface area (TPSA) is 103 Å². The molecule has 6 atom stereocenters. The first-order valence-corrected chi connectivity index (χ1v) is 16.7. The van der Waals surface area contributed by atoms with Gasteiger partial charge in [-0.1, -0.05) is 24.8 Å². The second-order valence-electron chi connectivity index (χ2n) is 13.8. The first-order chi connectivity index (χ1) is 22.7. The van der Waals surface area contributed by atoms with Crippen LogP contribution in [0.15, 0.2) is 35.4 Å². The third kappa shape index (κ3) is 5.54. The maximum Gasteiger partial charge on any atom is 0.416 e. The fourth-order valence-electron chi connectivity index (χ4n) is 8.12. The molecule has 256 valence electrons. The number of likely N-dealkylation sites (tertiary alicyclic amines) is 1. The molecule has 2 unspecified atom stereocenters. The van der Waals surface area contributed by atoms with Crippen molar-refractivity contribution in [1.82, 2.24) is 20.2 Å². The number of piperazine rings is 1. The molecule has 0 radical (unpaired) electrons. The van der Waals surface area contributed by atoms with Gasteiger partial charge in [-0.05, 0) is 51.1 Å². The number of aromatic nitrogens is 2. The van der Waals surface area contributed by atoms with Crippen LogP contribution in [0.25, 0.3) is 10.9 Å². The summed E-state index contributed by atoms with van der Waals surface area (Å²) in [6.45, 7) is 3.59. The van der Waals surface area contributed by atoms with E-state index in [9.17, 15) is 27.2 Å². The molecule has 7 rings (SSSR count). The Balaban J connectivity index is 1.29. The van der Waals surface area contributed by atoms with Gasteiger partial charge in [-0.15, -0.1) is 0 Å². The fourth-order valence-corrected chi connectivity index (χ4v) is 9.55. The van der Waals surface area contributed by atoms with Gasteiger partial charge < -0.3 is 25.6 Å². The molecule has 4 aliphatic heterocycles. The van der Waals surface area contributed by atoms with Crippen LogP contribution in [0.1, 0.15) is 48.8 Å². The number of anilines is 1. The molecule has 2 bridgehead atoms. The van der Waals surface area contributed by atoms with Crippen LogP contribution in [0.4, 0.5) is 32.0 Å². The molecular weight excluding hydrogens is 656 g/mol. The van der Waals surface area contributed by atoms with E-state index in [0.29, 0.717) is 42.3 Å². The number of piperidine rings is 1. The smallest absolute Gasteiger partial charge is 0.416 e. The quantitative estimate of drug-likeness (QED) is 0.308. The van der Waals surface area contributed by atoms with E-state index in [1.807, 2.05) is 18.0 Å². The van der Waals surface area contributed by atoms with E-state index in [-0.39, 0.29) is 36.5 Å². The average Bonchev–Trinajstić information content (AvgIpc) is 3.53. The predicted octanol–water partition coefficient (Wildman–Crippen LogP) is 5.85. The standard InChI is InChI=1S/C33H35F6N7OS/c1-31(15-45(2)9-8-20(31)29(35)36)16-47-30-42-12-17-10-21(33(37,38)39)26(27(34)28(17)44-30)32(41)22(11-40)25-23(4-3-5-24(25)48-32)46-13-18-6-7-19(14-46)43-18/h3-5,10,12,18-20,22,29,43H,6-9,13-16,41H2,1-2H3/t18-,19+,20-,22?,31+,32?/m1/s1. The number of ether oxygens (including phenoxy) is 1.